The predicted molar refractivity (Wildman–Crippen MR) is 359 cm³/mol. The Labute approximate surface area is 601 Å². The summed E-state index contributed by atoms with van der Waals surface area (Å²) >= 11 is 11.3. The number of esters is 2. The lowest BCUT2D eigenvalue weighted by Gasteiger charge is -2.36. The van der Waals surface area contributed by atoms with Gasteiger partial charge >= 0.3 is 36.6 Å². The van der Waals surface area contributed by atoms with Crippen molar-refractivity contribution in [3.63, 3.8) is 0 Å². The maximum atomic E-state index is 16.0. The van der Waals surface area contributed by atoms with Crippen molar-refractivity contribution < 1.29 is 119 Å². The lowest BCUT2D eigenvalue weighted by molar-refractivity contribution is -0.139. The minimum absolute atomic E-state index is 0.309. The number of nitrogens with zero attached hydrogens (tertiary/aromatic N) is 2. The zero-order valence-electron chi connectivity index (χ0n) is 55.4. The summed E-state index contributed by atoms with van der Waals surface area (Å²) in [6, 6.07) is 12.1. The Bertz CT molecular complexity index is 4540. The fourth-order valence-corrected chi connectivity index (χ4v) is 12.5. The van der Waals surface area contributed by atoms with Gasteiger partial charge in [-0.3, -0.25) is 38.6 Å². The average Bonchev–Trinajstić information content (AvgIpc) is 0.670. The number of amides is 6. The second kappa shape index (κ2) is 29.1. The van der Waals surface area contributed by atoms with Gasteiger partial charge in [-0.1, -0.05) is 64.1 Å². The van der Waals surface area contributed by atoms with Gasteiger partial charge in [0.1, 0.15) is 81.4 Å². The monoisotopic (exact) mass is 1520 g/mol. The normalized spacial score (nSPS) is 14.0. The molecule has 0 saturated heterocycles. The molecule has 9 aromatic rings. The highest BCUT2D eigenvalue weighted by Crippen LogP contribution is 2.59. The van der Waals surface area contributed by atoms with Gasteiger partial charge < -0.3 is 39.1 Å². The first-order valence-corrected chi connectivity index (χ1v) is 32.6. The van der Waals surface area contributed by atoms with E-state index in [1.54, 1.807) is 27.7 Å². The molecule has 0 bridgehead atoms. The first-order valence-electron chi connectivity index (χ1n) is 31.8. The maximum absolute atomic E-state index is 16.0. The number of benzene rings is 9. The third-order valence-corrected chi connectivity index (χ3v) is 17.2. The summed E-state index contributed by atoms with van der Waals surface area (Å²) in [7, 11) is 0. The van der Waals surface area contributed by atoms with E-state index < -0.39 is 266 Å². The molecule has 11 rings (SSSR count). The number of halogens is 14. The van der Waals surface area contributed by atoms with Crippen LogP contribution in [-0.2, 0) is 53.4 Å². The standard InChI is InChI=1S/C74H54Cl2F12N4O14/c1-33(2)27-49(63(93)89-23-25-101-69(99)35(5)75)91-65(95)45-29-51(103-41-15-7-37(8-16-41)71(77,78)79)57-59-53(105-43-19-11-39(12-20-43)73(83,84)85)31-47-56-48(68(98)92(67(47)97)50(28-34(3)4)64(94)90-24-26-102-70(100)36(6)76)32-54(106-44-21-13-40(14-22-44)74(86,87)88)60(62(56)59)58-52(30-46(66(91)96)55(45)61(57)58)104-42-17-9-38(10-18-42)72(80,81)82/h7-22,29-34,49-50H,5-6,23-28H2,1-4H3,(H,89,93)(H,90,94). The third-order valence-electron chi connectivity index (χ3n) is 16.9. The van der Waals surface area contributed by atoms with Crippen LogP contribution in [0.25, 0.3) is 43.1 Å². The van der Waals surface area contributed by atoms with Crippen molar-refractivity contribution in [1.82, 2.24) is 20.4 Å². The van der Waals surface area contributed by atoms with E-state index in [9.17, 15) is 71.9 Å². The molecule has 9 aromatic carbocycles. The summed E-state index contributed by atoms with van der Waals surface area (Å²) in [6.45, 7) is 11.1. The Morgan fingerprint density at radius 1 is 0.387 bits per heavy atom. The SMILES string of the molecule is C=C(Cl)C(=O)OCCNC(=O)C(CC(C)C)N1C(=O)c2cc(Oc3ccc(C(F)(F)F)cc3)c3c4c(Oc5ccc(C(F)(F)F)cc5)cc5c6c(cc(Oc7ccc(C(F)(F)F)cc7)c(c7c(Oc8ccc(C(F)(F)F)cc8)cc(c2c37)C1=O)c64)C(=O)N(C(CC(C)C)C(=O)NCCOC(=O)C(=C)Cl)C5=O. The van der Waals surface area contributed by atoms with Crippen molar-refractivity contribution in [2.75, 3.05) is 26.3 Å². The maximum Gasteiger partial charge on any atom is 0.416 e. The Morgan fingerprint density at radius 2 is 0.613 bits per heavy atom. The fourth-order valence-electron chi connectivity index (χ4n) is 12.4. The van der Waals surface area contributed by atoms with E-state index in [2.05, 4.69) is 23.8 Å². The van der Waals surface area contributed by atoms with Gasteiger partial charge in [0.25, 0.3) is 23.6 Å². The molecule has 0 aliphatic carbocycles. The summed E-state index contributed by atoms with van der Waals surface area (Å²) in [5.74, 6) is -14.7. The van der Waals surface area contributed by atoms with Crippen LogP contribution in [0.5, 0.6) is 46.0 Å². The van der Waals surface area contributed by atoms with Crippen LogP contribution in [0.4, 0.5) is 52.7 Å². The lowest BCUT2D eigenvalue weighted by Crippen LogP contribution is -2.54. The van der Waals surface area contributed by atoms with E-state index in [1.165, 1.54) is 0 Å². The molecule has 0 radical (unpaired) electrons. The van der Waals surface area contributed by atoms with Crippen LogP contribution >= 0.6 is 23.2 Å². The topological polar surface area (TPSA) is 222 Å². The summed E-state index contributed by atoms with van der Waals surface area (Å²) in [5.41, 5.74) is -7.05. The second-order valence-electron chi connectivity index (χ2n) is 25.1. The quantitative estimate of drug-likeness (QED) is 0.0109. The number of hydrogen-bond acceptors (Lipinski definition) is 14. The number of rotatable bonds is 24. The van der Waals surface area contributed by atoms with Gasteiger partial charge in [0.05, 0.1) is 57.6 Å². The predicted octanol–water partition coefficient (Wildman–Crippen LogP) is 17.8. The minimum atomic E-state index is -4.96. The van der Waals surface area contributed by atoms with Crippen molar-refractivity contribution in [1.29, 1.82) is 0 Å². The Morgan fingerprint density at radius 3 is 0.811 bits per heavy atom. The second-order valence-corrected chi connectivity index (χ2v) is 26.0. The van der Waals surface area contributed by atoms with Gasteiger partial charge in [-0.05, 0) is 146 Å². The first-order chi connectivity index (χ1) is 49.7. The zero-order chi connectivity index (χ0) is 77.1. The number of carbonyl (C=O) groups excluding carboxylic acids is 8. The summed E-state index contributed by atoms with van der Waals surface area (Å²) in [5, 5.41) is 0.625. The van der Waals surface area contributed by atoms with Crippen LogP contribution < -0.4 is 29.6 Å². The number of alkyl halides is 12. The highest BCUT2D eigenvalue weighted by Gasteiger charge is 2.47. The number of fused-ring (bicyclic) bond motifs is 2. The largest absolute Gasteiger partial charge is 0.460 e. The van der Waals surface area contributed by atoms with Crippen LogP contribution in [0.1, 0.15) is 104 Å². The van der Waals surface area contributed by atoms with Crippen LogP contribution in [0.3, 0.4) is 0 Å². The van der Waals surface area contributed by atoms with Crippen LogP contribution in [0.15, 0.2) is 145 Å². The minimum Gasteiger partial charge on any atom is -0.460 e. The van der Waals surface area contributed by atoms with E-state index >= 15 is 19.2 Å². The van der Waals surface area contributed by atoms with E-state index in [1.807, 2.05) is 0 Å². The number of ether oxygens (including phenoxy) is 6. The number of carbonyl (C=O) groups is 8. The van der Waals surface area contributed by atoms with E-state index in [0.717, 1.165) is 72.8 Å². The van der Waals surface area contributed by atoms with E-state index in [-0.39, 0.29) is 12.8 Å². The third kappa shape index (κ3) is 15.2. The molecule has 2 heterocycles. The molecular formula is C74H54Cl2F12N4O14. The number of nitrogens with one attached hydrogen (secondary N) is 2. The van der Waals surface area contributed by atoms with Crippen molar-refractivity contribution >= 4 is 114 Å². The zero-order valence-corrected chi connectivity index (χ0v) is 56.9. The highest BCUT2D eigenvalue weighted by atomic mass is 35.5. The molecule has 18 nitrogen and oxygen atoms in total. The number of hydrogen-bond donors (Lipinski definition) is 2. The summed E-state index contributed by atoms with van der Waals surface area (Å²) < 4.78 is 209. The van der Waals surface area contributed by atoms with E-state index in [4.69, 9.17) is 51.6 Å². The average molecular weight is 1520 g/mol. The van der Waals surface area contributed by atoms with Crippen molar-refractivity contribution in [2.24, 2.45) is 11.8 Å². The molecule has 32 heteroatoms. The van der Waals surface area contributed by atoms with Gasteiger partial charge in [-0.2, -0.15) is 52.7 Å². The van der Waals surface area contributed by atoms with Crippen LogP contribution in [0, 0.1) is 11.8 Å². The molecule has 106 heavy (non-hydrogen) atoms. The first kappa shape index (κ1) is 76.0. The van der Waals surface area contributed by atoms with Gasteiger partial charge in [-0.15, -0.1) is 0 Å². The molecule has 0 aromatic heterocycles. The molecular weight excluding hydrogens is 1470 g/mol. The van der Waals surface area contributed by atoms with Gasteiger partial charge in [0.15, 0.2) is 0 Å². The smallest absolute Gasteiger partial charge is 0.416 e. The van der Waals surface area contributed by atoms with Gasteiger partial charge in [0, 0.05) is 43.1 Å². The molecule has 0 spiro atoms. The number of imide groups is 2. The molecule has 2 aliphatic heterocycles. The molecule has 0 saturated carbocycles. The van der Waals surface area contributed by atoms with Crippen LogP contribution in [-0.4, -0.2) is 95.6 Å². The Balaban J connectivity index is 1.31. The summed E-state index contributed by atoms with van der Waals surface area (Å²) in [4.78, 5) is 119. The molecule has 6 amide bonds. The molecule has 2 unspecified atom stereocenters. The van der Waals surface area contributed by atoms with Crippen molar-refractivity contribution in [3.05, 3.63) is 189 Å². The van der Waals surface area contributed by atoms with Gasteiger partial charge in [0.2, 0.25) is 11.8 Å². The lowest BCUT2D eigenvalue weighted by atomic mass is 9.80. The van der Waals surface area contributed by atoms with Gasteiger partial charge in [-0.25, -0.2) is 9.59 Å². The fraction of sp³-hybridized carbons (Fsp3) is 0.243. The molecule has 552 valence electrons. The van der Waals surface area contributed by atoms with Crippen LogP contribution in [0.2, 0.25) is 0 Å². The molecule has 2 aliphatic rings. The van der Waals surface area contributed by atoms with Crippen molar-refractivity contribution in [2.45, 2.75) is 77.3 Å². The molecule has 2 atom stereocenters. The Hall–Kier alpha value is -11.1. The molecule has 0 fully saturated rings. The molecule has 2 N–H and O–H groups in total. The Kier molecular flexibility index (Phi) is 20.8. The summed E-state index contributed by atoms with van der Waals surface area (Å²) in [6.07, 6.45) is -20.4. The highest BCUT2D eigenvalue weighted by molar-refractivity contribution is 6.45. The van der Waals surface area contributed by atoms with Crippen molar-refractivity contribution in [3.8, 4) is 46.0 Å². The van der Waals surface area contributed by atoms with E-state index in [0.29, 0.717) is 58.3 Å².